The van der Waals surface area contributed by atoms with Crippen molar-refractivity contribution in [3.8, 4) is 11.8 Å². The summed E-state index contributed by atoms with van der Waals surface area (Å²) in [5.41, 5.74) is 8.10. The molecule has 2 aromatic rings. The summed E-state index contributed by atoms with van der Waals surface area (Å²) in [5.74, 6) is 3.64. The number of hydrogen-bond donors (Lipinski definition) is 2. The van der Waals surface area contributed by atoms with Crippen LogP contribution in [0.3, 0.4) is 0 Å². The fraction of sp³-hybridized carbons (Fsp3) is 0.400. The van der Waals surface area contributed by atoms with Gasteiger partial charge in [-0.05, 0) is 57.2 Å². The van der Waals surface area contributed by atoms with Crippen LogP contribution in [0.4, 0.5) is 4.39 Å². The minimum atomic E-state index is -0.668. The highest BCUT2D eigenvalue weighted by molar-refractivity contribution is 6.06. The molecular formula is C20H23FN4O2. The van der Waals surface area contributed by atoms with Gasteiger partial charge in [-0.2, -0.15) is 0 Å². The van der Waals surface area contributed by atoms with Crippen molar-refractivity contribution in [2.24, 2.45) is 5.73 Å². The molecule has 7 heteroatoms. The SMILES string of the molecule is CC#CC(=O)N[C@H]1CCCN(n2c(C)c(C)c3cc(F)cc(C(N)=O)c32)C1. The van der Waals surface area contributed by atoms with Crippen molar-refractivity contribution in [2.45, 2.75) is 39.7 Å². The van der Waals surface area contributed by atoms with Crippen LogP contribution in [0.1, 0.15) is 41.4 Å². The number of benzene rings is 1. The molecule has 1 fully saturated rings. The Hall–Kier alpha value is -3.01. The zero-order valence-electron chi connectivity index (χ0n) is 15.7. The highest BCUT2D eigenvalue weighted by Gasteiger charge is 2.26. The van der Waals surface area contributed by atoms with E-state index in [1.165, 1.54) is 12.1 Å². The lowest BCUT2D eigenvalue weighted by molar-refractivity contribution is -0.116. The van der Waals surface area contributed by atoms with E-state index in [2.05, 4.69) is 22.2 Å². The fourth-order valence-electron chi connectivity index (χ4n) is 3.77. The Morgan fingerprint density at radius 1 is 1.33 bits per heavy atom. The summed E-state index contributed by atoms with van der Waals surface area (Å²) in [4.78, 5) is 23.8. The van der Waals surface area contributed by atoms with E-state index in [-0.39, 0.29) is 17.5 Å². The molecule has 1 saturated heterocycles. The number of carbonyl (C=O) groups is 2. The molecule has 1 aliphatic heterocycles. The molecule has 0 aliphatic carbocycles. The number of amides is 2. The summed E-state index contributed by atoms with van der Waals surface area (Å²) in [6.45, 7) is 6.78. The lowest BCUT2D eigenvalue weighted by Crippen LogP contribution is -2.51. The Kier molecular flexibility index (Phi) is 5.08. The number of nitrogens with two attached hydrogens (primary N) is 1. The number of carbonyl (C=O) groups excluding carboxylic acids is 2. The van der Waals surface area contributed by atoms with E-state index in [1.54, 1.807) is 6.92 Å². The van der Waals surface area contributed by atoms with Crippen molar-refractivity contribution in [1.29, 1.82) is 0 Å². The summed E-state index contributed by atoms with van der Waals surface area (Å²) in [6, 6.07) is 2.56. The van der Waals surface area contributed by atoms with E-state index >= 15 is 0 Å². The van der Waals surface area contributed by atoms with E-state index in [9.17, 15) is 14.0 Å². The molecule has 3 N–H and O–H groups in total. The van der Waals surface area contributed by atoms with Gasteiger partial charge in [0, 0.05) is 23.7 Å². The third kappa shape index (κ3) is 3.47. The van der Waals surface area contributed by atoms with Crippen LogP contribution in [0.15, 0.2) is 12.1 Å². The van der Waals surface area contributed by atoms with Crippen LogP contribution >= 0.6 is 0 Å². The third-order valence-corrected chi connectivity index (χ3v) is 5.07. The van der Waals surface area contributed by atoms with Crippen LogP contribution in [-0.2, 0) is 4.79 Å². The minimum absolute atomic E-state index is 0.0540. The van der Waals surface area contributed by atoms with Crippen molar-refractivity contribution in [3.05, 3.63) is 34.8 Å². The molecule has 0 radical (unpaired) electrons. The van der Waals surface area contributed by atoms with Crippen LogP contribution < -0.4 is 16.1 Å². The van der Waals surface area contributed by atoms with Crippen LogP contribution in [0.25, 0.3) is 10.9 Å². The predicted octanol–water partition coefficient (Wildman–Crippen LogP) is 1.74. The number of hydrogen-bond acceptors (Lipinski definition) is 3. The van der Waals surface area contributed by atoms with Gasteiger partial charge in [0.1, 0.15) is 5.82 Å². The molecule has 0 saturated carbocycles. The van der Waals surface area contributed by atoms with Crippen molar-refractivity contribution >= 4 is 22.7 Å². The number of nitrogens with one attached hydrogen (secondary N) is 1. The maximum Gasteiger partial charge on any atom is 0.296 e. The smallest absolute Gasteiger partial charge is 0.296 e. The fourth-order valence-corrected chi connectivity index (χ4v) is 3.77. The van der Waals surface area contributed by atoms with E-state index in [4.69, 9.17) is 5.73 Å². The van der Waals surface area contributed by atoms with Gasteiger partial charge >= 0.3 is 0 Å². The van der Waals surface area contributed by atoms with Gasteiger partial charge in [0.15, 0.2) is 0 Å². The van der Waals surface area contributed by atoms with Crippen molar-refractivity contribution < 1.29 is 14.0 Å². The highest BCUT2D eigenvalue weighted by atomic mass is 19.1. The molecule has 2 amide bonds. The Morgan fingerprint density at radius 2 is 2.07 bits per heavy atom. The third-order valence-electron chi connectivity index (χ3n) is 5.07. The van der Waals surface area contributed by atoms with Crippen LogP contribution in [0, 0.1) is 31.5 Å². The summed E-state index contributed by atoms with van der Waals surface area (Å²) in [7, 11) is 0. The van der Waals surface area contributed by atoms with E-state index < -0.39 is 11.7 Å². The normalized spacial score (nSPS) is 16.7. The number of aryl methyl sites for hydroxylation is 1. The largest absolute Gasteiger partial charge is 0.366 e. The average Bonchev–Trinajstić information content (AvgIpc) is 2.86. The van der Waals surface area contributed by atoms with Gasteiger partial charge in [-0.15, -0.1) is 0 Å². The zero-order chi connectivity index (χ0) is 19.7. The van der Waals surface area contributed by atoms with Crippen molar-refractivity contribution in [3.63, 3.8) is 0 Å². The monoisotopic (exact) mass is 370 g/mol. The Bertz CT molecular complexity index is 983. The minimum Gasteiger partial charge on any atom is -0.366 e. The van der Waals surface area contributed by atoms with Gasteiger partial charge in [-0.3, -0.25) is 14.3 Å². The predicted molar refractivity (Wildman–Crippen MR) is 102 cm³/mol. The first-order chi connectivity index (χ1) is 12.8. The molecular weight excluding hydrogens is 347 g/mol. The Labute approximate surface area is 157 Å². The molecule has 0 bridgehead atoms. The molecule has 3 rings (SSSR count). The summed E-state index contributed by atoms with van der Waals surface area (Å²) in [5, 5.41) is 5.66. The highest BCUT2D eigenvalue weighted by Crippen LogP contribution is 2.30. The first-order valence-corrected chi connectivity index (χ1v) is 8.93. The summed E-state index contributed by atoms with van der Waals surface area (Å²) >= 11 is 0. The second kappa shape index (κ2) is 7.31. The molecule has 1 atom stereocenters. The maximum absolute atomic E-state index is 14.0. The second-order valence-electron chi connectivity index (χ2n) is 6.84. The molecule has 142 valence electrons. The van der Waals surface area contributed by atoms with Crippen LogP contribution in [0.2, 0.25) is 0 Å². The maximum atomic E-state index is 14.0. The van der Waals surface area contributed by atoms with E-state index in [0.717, 1.165) is 30.6 Å². The van der Waals surface area contributed by atoms with E-state index in [1.807, 2.05) is 18.5 Å². The molecule has 6 nitrogen and oxygen atoms in total. The number of rotatable bonds is 3. The molecule has 0 unspecified atom stereocenters. The topological polar surface area (TPSA) is 80.4 Å². The standard InChI is InChI=1S/C20H23FN4O2/c1-4-6-18(26)23-15-7-5-8-24(11-15)25-13(3)12(2)16-9-14(21)10-17(19(16)25)20(22)27/h9-10,15H,5,7-8,11H2,1-3H3,(H2,22,27)(H,23,26)/t15-/m0/s1. The van der Waals surface area contributed by atoms with Crippen LogP contribution in [-0.4, -0.2) is 35.6 Å². The van der Waals surface area contributed by atoms with Gasteiger partial charge < -0.3 is 16.1 Å². The van der Waals surface area contributed by atoms with Gasteiger partial charge in [0.05, 0.1) is 17.6 Å². The number of halogens is 1. The molecule has 1 aliphatic rings. The lowest BCUT2D eigenvalue weighted by Gasteiger charge is -2.36. The van der Waals surface area contributed by atoms with Crippen molar-refractivity contribution in [2.75, 3.05) is 18.1 Å². The first-order valence-electron chi connectivity index (χ1n) is 8.93. The Morgan fingerprint density at radius 3 is 2.74 bits per heavy atom. The van der Waals surface area contributed by atoms with Gasteiger partial charge in [-0.1, -0.05) is 5.92 Å². The molecule has 1 aromatic heterocycles. The van der Waals surface area contributed by atoms with Crippen LogP contribution in [0.5, 0.6) is 0 Å². The van der Waals surface area contributed by atoms with Gasteiger partial charge in [-0.25, -0.2) is 4.39 Å². The molecule has 0 spiro atoms. The number of primary amides is 1. The molecule has 1 aromatic carbocycles. The second-order valence-corrected chi connectivity index (χ2v) is 6.84. The average molecular weight is 370 g/mol. The summed E-state index contributed by atoms with van der Waals surface area (Å²) < 4.78 is 15.9. The van der Waals surface area contributed by atoms with Gasteiger partial charge in [0.25, 0.3) is 11.8 Å². The van der Waals surface area contributed by atoms with E-state index in [0.29, 0.717) is 17.4 Å². The quantitative estimate of drug-likeness (QED) is 0.808. The zero-order valence-corrected chi connectivity index (χ0v) is 15.7. The molecule has 27 heavy (non-hydrogen) atoms. The summed E-state index contributed by atoms with van der Waals surface area (Å²) in [6.07, 6.45) is 1.72. The Balaban J connectivity index is 2.05. The number of nitrogens with zero attached hydrogens (tertiary/aromatic N) is 2. The first kappa shape index (κ1) is 18.8. The molecule has 2 heterocycles. The van der Waals surface area contributed by atoms with Gasteiger partial charge in [0.2, 0.25) is 0 Å². The number of aromatic nitrogens is 1. The lowest BCUT2D eigenvalue weighted by atomic mass is 10.1. The van der Waals surface area contributed by atoms with Crippen molar-refractivity contribution in [1.82, 2.24) is 9.99 Å². The number of piperidine rings is 1. The number of fused-ring (bicyclic) bond motifs is 1.